The number of imidazole rings is 1. The highest BCUT2D eigenvalue weighted by Crippen LogP contribution is 1.96. The van der Waals surface area contributed by atoms with Gasteiger partial charge < -0.3 is 4.57 Å². The molecule has 0 radical (unpaired) electrons. The molecule has 0 atom stereocenters. The second kappa shape index (κ2) is 3.76. The van der Waals surface area contributed by atoms with E-state index >= 15 is 0 Å². The predicted octanol–water partition coefficient (Wildman–Crippen LogP) is 0.441. The summed E-state index contributed by atoms with van der Waals surface area (Å²) < 4.78 is 1.95. The molecule has 0 amide bonds. The number of nitrogens with zero attached hydrogens (tertiary/aromatic N) is 2. The fourth-order valence-corrected chi connectivity index (χ4v) is 0.957. The summed E-state index contributed by atoms with van der Waals surface area (Å²) >= 11 is 0. The van der Waals surface area contributed by atoms with Gasteiger partial charge >= 0.3 is 0 Å². The van der Waals surface area contributed by atoms with Gasteiger partial charge in [0.15, 0.2) is 7.85 Å². The molecule has 0 spiro atoms. The number of hydrogen-bond donors (Lipinski definition) is 0. The molecule has 1 aromatic heterocycles. The van der Waals surface area contributed by atoms with Gasteiger partial charge in [0, 0.05) is 12.4 Å². The largest absolute Gasteiger partial charge is 0.314 e. The van der Waals surface area contributed by atoms with Gasteiger partial charge in [-0.1, -0.05) is 19.2 Å². The molecule has 0 N–H and O–H groups in total. The molecule has 0 aliphatic rings. The third-order valence-electron chi connectivity index (χ3n) is 1.56. The maximum atomic E-state index is 4.15. The molecule has 3 heteroatoms. The smallest absolute Gasteiger partial charge is 0.163 e. The van der Waals surface area contributed by atoms with Crippen molar-refractivity contribution in [2.45, 2.75) is 0 Å². The van der Waals surface area contributed by atoms with Crippen LogP contribution in [0.25, 0.3) is 12.3 Å². The topological polar surface area (TPSA) is 17.8 Å². The maximum Gasteiger partial charge on any atom is 0.163 e. The highest BCUT2D eigenvalue weighted by Gasteiger charge is 1.97. The van der Waals surface area contributed by atoms with E-state index in [0.717, 1.165) is 11.4 Å². The third kappa shape index (κ3) is 1.56. The molecule has 0 aromatic carbocycles. The van der Waals surface area contributed by atoms with Crippen molar-refractivity contribution in [1.82, 2.24) is 9.55 Å². The van der Waals surface area contributed by atoms with Gasteiger partial charge in [-0.3, -0.25) is 0 Å². The van der Waals surface area contributed by atoms with Crippen molar-refractivity contribution in [2.24, 2.45) is 0 Å². The van der Waals surface area contributed by atoms with E-state index in [1.54, 1.807) is 12.2 Å². The van der Waals surface area contributed by atoms with Crippen molar-refractivity contribution >= 4 is 25.7 Å². The van der Waals surface area contributed by atoms with E-state index in [-0.39, 0.29) is 0 Å². The van der Waals surface area contributed by atoms with Crippen LogP contribution in [0.4, 0.5) is 0 Å². The molecule has 60 valence electrons. The van der Waals surface area contributed by atoms with Crippen molar-refractivity contribution in [3.05, 3.63) is 37.3 Å². The van der Waals surface area contributed by atoms with E-state index in [4.69, 9.17) is 0 Å². The van der Waals surface area contributed by atoms with Gasteiger partial charge in [-0.25, -0.2) is 4.98 Å². The molecule has 0 bridgehead atoms. The van der Waals surface area contributed by atoms with Crippen LogP contribution in [0, 0.1) is 0 Å². The molecular formula is C9H11BN2. The van der Waals surface area contributed by atoms with Crippen molar-refractivity contribution in [3.63, 3.8) is 0 Å². The lowest BCUT2D eigenvalue weighted by Gasteiger charge is -1.98. The zero-order valence-electron chi connectivity index (χ0n) is 7.20. The lowest BCUT2D eigenvalue weighted by molar-refractivity contribution is 1.13. The molecule has 1 heterocycles. The fraction of sp³-hybridized carbons (Fsp3) is 0. The third-order valence-corrected chi connectivity index (χ3v) is 1.56. The van der Waals surface area contributed by atoms with Crippen molar-refractivity contribution in [1.29, 1.82) is 0 Å². The first-order valence-electron chi connectivity index (χ1n) is 3.75. The van der Waals surface area contributed by atoms with Crippen LogP contribution < -0.4 is 5.59 Å². The maximum absolute atomic E-state index is 4.15. The molecule has 0 unspecified atom stereocenters. The van der Waals surface area contributed by atoms with Crippen LogP contribution in [0.1, 0.15) is 5.82 Å². The number of aromatic nitrogens is 2. The lowest BCUT2D eigenvalue weighted by atomic mass is 10.1. The number of rotatable bonds is 3. The number of hydrogen-bond acceptors (Lipinski definition) is 1. The van der Waals surface area contributed by atoms with E-state index < -0.39 is 0 Å². The Balaban J connectivity index is 3.09. The summed E-state index contributed by atoms with van der Waals surface area (Å²) in [5, 5.41) is 0. The van der Waals surface area contributed by atoms with Crippen LogP contribution in [0.5, 0.6) is 0 Å². The summed E-state index contributed by atoms with van der Waals surface area (Å²) in [6.07, 6.45) is 9.03. The van der Waals surface area contributed by atoms with E-state index in [1.165, 1.54) is 0 Å². The van der Waals surface area contributed by atoms with Gasteiger partial charge in [0.1, 0.15) is 5.82 Å². The van der Waals surface area contributed by atoms with Crippen LogP contribution in [0.15, 0.2) is 31.5 Å². The minimum atomic E-state index is 0.852. The Morgan fingerprint density at radius 2 is 2.25 bits per heavy atom. The first-order valence-corrected chi connectivity index (χ1v) is 3.75. The fourth-order valence-electron chi connectivity index (χ4n) is 0.957. The summed E-state index contributed by atoms with van der Waals surface area (Å²) in [7, 11) is 1.99. The summed E-state index contributed by atoms with van der Waals surface area (Å²) in [5.74, 6) is 0.852. The van der Waals surface area contributed by atoms with Crippen LogP contribution in [0.3, 0.4) is 0 Å². The van der Waals surface area contributed by atoms with E-state index in [2.05, 4.69) is 18.1 Å². The van der Waals surface area contributed by atoms with E-state index in [9.17, 15) is 0 Å². The van der Waals surface area contributed by atoms with Gasteiger partial charge in [0.2, 0.25) is 0 Å². The molecular weight excluding hydrogens is 147 g/mol. The number of allylic oxidation sites excluding steroid dienone is 2. The molecule has 12 heavy (non-hydrogen) atoms. The SMILES string of the molecule is Bc1cnc(C=C)n1/C=C\C=C. The first kappa shape index (κ1) is 8.59. The highest BCUT2D eigenvalue weighted by molar-refractivity contribution is 6.31. The van der Waals surface area contributed by atoms with Gasteiger partial charge in [-0.15, -0.1) is 0 Å². The second-order valence-corrected chi connectivity index (χ2v) is 2.41. The van der Waals surface area contributed by atoms with Crippen LogP contribution in [-0.4, -0.2) is 17.4 Å². The Hall–Kier alpha value is -1.51. The van der Waals surface area contributed by atoms with Crippen molar-refractivity contribution < 1.29 is 0 Å². The zero-order valence-corrected chi connectivity index (χ0v) is 7.20. The first-order chi connectivity index (χ1) is 5.79. The van der Waals surface area contributed by atoms with Crippen LogP contribution in [-0.2, 0) is 0 Å². The summed E-state index contributed by atoms with van der Waals surface area (Å²) in [6.45, 7) is 7.27. The van der Waals surface area contributed by atoms with Gasteiger partial charge in [0.05, 0.1) is 0 Å². The molecule has 0 saturated heterocycles. The van der Waals surface area contributed by atoms with Crippen LogP contribution in [0.2, 0.25) is 0 Å². The average molecular weight is 158 g/mol. The van der Waals surface area contributed by atoms with Gasteiger partial charge in [-0.2, -0.15) is 0 Å². The zero-order chi connectivity index (χ0) is 8.97. The second-order valence-electron chi connectivity index (χ2n) is 2.41. The van der Waals surface area contributed by atoms with Gasteiger partial charge in [-0.05, 0) is 17.7 Å². The molecule has 1 aromatic rings. The molecule has 1 rings (SSSR count). The molecule has 0 aliphatic carbocycles. The standard InChI is InChI=1S/C9H11BN2/c1-3-5-6-12-8(10)7-11-9(12)4-2/h3-7H,1-2,10H2/b6-5-. The van der Waals surface area contributed by atoms with Crippen LogP contribution >= 0.6 is 0 Å². The Bertz CT molecular complexity index is 323. The van der Waals surface area contributed by atoms with Crippen molar-refractivity contribution in [2.75, 3.05) is 0 Å². The predicted molar refractivity (Wildman–Crippen MR) is 56.0 cm³/mol. The van der Waals surface area contributed by atoms with E-state index in [0.29, 0.717) is 0 Å². The normalized spacial score (nSPS) is 10.3. The Labute approximate surface area is 73.3 Å². The average Bonchev–Trinajstić information content (AvgIpc) is 2.43. The van der Waals surface area contributed by atoms with E-state index in [1.807, 2.05) is 30.9 Å². The lowest BCUT2D eigenvalue weighted by Crippen LogP contribution is -2.12. The minimum Gasteiger partial charge on any atom is -0.314 e. The Kier molecular flexibility index (Phi) is 2.69. The summed E-state index contributed by atoms with van der Waals surface area (Å²) in [4.78, 5) is 4.15. The Morgan fingerprint density at radius 1 is 1.50 bits per heavy atom. The monoisotopic (exact) mass is 158 g/mol. The quantitative estimate of drug-likeness (QED) is 0.461. The molecule has 2 nitrogen and oxygen atoms in total. The highest BCUT2D eigenvalue weighted by atomic mass is 15.0. The molecule has 0 aliphatic heterocycles. The Morgan fingerprint density at radius 3 is 2.83 bits per heavy atom. The molecule has 0 saturated carbocycles. The minimum absolute atomic E-state index is 0.852. The van der Waals surface area contributed by atoms with Gasteiger partial charge in [0.25, 0.3) is 0 Å². The summed E-state index contributed by atoms with van der Waals surface area (Å²) in [5.41, 5.74) is 1.09. The van der Waals surface area contributed by atoms with Crippen molar-refractivity contribution in [3.8, 4) is 0 Å². The molecule has 0 fully saturated rings. The summed E-state index contributed by atoms with van der Waals surface area (Å²) in [6, 6.07) is 0.